The summed E-state index contributed by atoms with van der Waals surface area (Å²) in [4.78, 5) is 17.8. The van der Waals surface area contributed by atoms with Crippen LogP contribution in [0.5, 0.6) is 0 Å². The molecule has 1 heterocycles. The monoisotopic (exact) mass is 583 g/mol. The van der Waals surface area contributed by atoms with E-state index in [-0.39, 0.29) is 29.6 Å². The first kappa shape index (κ1) is 30.7. The highest BCUT2D eigenvalue weighted by molar-refractivity contribution is 8.15. The van der Waals surface area contributed by atoms with Gasteiger partial charge < -0.3 is 4.42 Å². The number of alkyl halides is 3. The van der Waals surface area contributed by atoms with E-state index in [1.807, 2.05) is 13.8 Å². The summed E-state index contributed by atoms with van der Waals surface area (Å²) in [7, 11) is 0.315. The van der Waals surface area contributed by atoms with Crippen molar-refractivity contribution in [2.75, 3.05) is 24.9 Å². The van der Waals surface area contributed by atoms with Crippen molar-refractivity contribution in [3.05, 3.63) is 53.5 Å². The number of aryl methyl sites for hydroxylation is 2. The largest absolute Gasteiger partial charge is 0.466 e. The Morgan fingerprint density at radius 3 is 2.17 bits per heavy atom. The fraction of sp³-hybridized carbons (Fsp3) is 0.522. The Morgan fingerprint density at radius 2 is 1.72 bits per heavy atom. The van der Waals surface area contributed by atoms with E-state index in [0.29, 0.717) is 11.3 Å². The zero-order valence-corrected chi connectivity index (χ0v) is 24.1. The summed E-state index contributed by atoms with van der Waals surface area (Å²) < 4.78 is 41.7. The van der Waals surface area contributed by atoms with Crippen molar-refractivity contribution >= 4 is 57.0 Å². The van der Waals surface area contributed by atoms with Crippen LogP contribution < -0.4 is 3.71 Å². The third-order valence-electron chi connectivity index (χ3n) is 5.40. The van der Waals surface area contributed by atoms with E-state index < -0.39 is 14.1 Å². The Balaban J connectivity index is 0.000000254. The maximum absolute atomic E-state index is 13.3. The fourth-order valence-corrected chi connectivity index (χ4v) is 6.54. The second-order valence-electron chi connectivity index (χ2n) is 8.32. The van der Waals surface area contributed by atoms with Gasteiger partial charge in [0.05, 0.1) is 24.4 Å². The molecule has 0 spiro atoms. The van der Waals surface area contributed by atoms with E-state index in [1.165, 1.54) is 50.6 Å². The lowest BCUT2D eigenvalue weighted by molar-refractivity contribution is -0.129. The normalized spacial score (nSPS) is 14.8. The number of amides is 1. The number of anilines is 1. The van der Waals surface area contributed by atoms with Crippen molar-refractivity contribution in [2.24, 2.45) is 0 Å². The Labute approximate surface area is 226 Å². The number of para-hydroxylation sites is 1. The summed E-state index contributed by atoms with van der Waals surface area (Å²) in [5, 5.41) is 1.52. The minimum atomic E-state index is -3.90. The maximum atomic E-state index is 13.3. The standard InChI is InChI=1S/C14H21NO3.C9H11Cl2FN2O2S2/c1-10-9-13(11(2)18-10)14(16)15(17-3)12-7-5-4-6-8-12;1-13(2)18(15,16)14(17-9(10,11)12)8-6-4-3-5-7-8/h9,12H,4-8H2,1-3H3;3-7H,1-2H3. The van der Waals surface area contributed by atoms with Gasteiger partial charge in [0.2, 0.25) is 0 Å². The highest BCUT2D eigenvalue weighted by Crippen LogP contribution is 2.42. The molecule has 1 amide bonds. The molecule has 0 unspecified atom stereocenters. The topological polar surface area (TPSA) is 83.3 Å². The van der Waals surface area contributed by atoms with E-state index >= 15 is 0 Å². The van der Waals surface area contributed by atoms with Crippen LogP contribution in [-0.4, -0.2) is 54.9 Å². The van der Waals surface area contributed by atoms with Gasteiger partial charge >= 0.3 is 14.1 Å². The molecule has 8 nitrogen and oxygen atoms in total. The van der Waals surface area contributed by atoms with E-state index in [4.69, 9.17) is 32.5 Å². The molecule has 1 aliphatic carbocycles. The third-order valence-corrected chi connectivity index (χ3v) is 8.74. The zero-order valence-electron chi connectivity index (χ0n) is 20.9. The predicted molar refractivity (Wildman–Crippen MR) is 143 cm³/mol. The average molecular weight is 585 g/mol. The van der Waals surface area contributed by atoms with Crippen LogP contribution in [0.1, 0.15) is 54.0 Å². The number of carbonyl (C=O) groups is 1. The first-order valence-electron chi connectivity index (χ1n) is 11.3. The van der Waals surface area contributed by atoms with E-state index in [2.05, 4.69) is 0 Å². The molecule has 3 rings (SSSR count). The number of benzene rings is 1. The first-order valence-corrected chi connectivity index (χ1v) is 14.2. The third kappa shape index (κ3) is 8.53. The summed E-state index contributed by atoms with van der Waals surface area (Å²) in [6.07, 6.45) is 5.64. The molecule has 0 aliphatic heterocycles. The fourth-order valence-electron chi connectivity index (χ4n) is 3.70. The van der Waals surface area contributed by atoms with Gasteiger partial charge in [0, 0.05) is 26.0 Å². The van der Waals surface area contributed by atoms with Crippen LogP contribution in [0.15, 0.2) is 40.8 Å². The Bertz CT molecular complexity index is 1090. The van der Waals surface area contributed by atoms with Gasteiger partial charge in [0.15, 0.2) is 0 Å². The predicted octanol–water partition coefficient (Wildman–Crippen LogP) is 6.24. The smallest absolute Gasteiger partial charge is 0.324 e. The summed E-state index contributed by atoms with van der Waals surface area (Å²) in [5.74, 6) is 1.34. The number of rotatable bonds is 8. The van der Waals surface area contributed by atoms with Crippen molar-refractivity contribution in [3.63, 3.8) is 0 Å². The van der Waals surface area contributed by atoms with Crippen LogP contribution in [0.2, 0.25) is 0 Å². The number of nitrogens with zero attached hydrogens (tertiary/aromatic N) is 3. The summed E-state index contributed by atoms with van der Waals surface area (Å²) in [6.45, 7) is 3.66. The zero-order chi connectivity index (χ0) is 27.1. The molecule has 1 fully saturated rings. The van der Waals surface area contributed by atoms with Crippen molar-refractivity contribution in [2.45, 2.75) is 55.9 Å². The van der Waals surface area contributed by atoms with Crippen LogP contribution in [0.25, 0.3) is 0 Å². The summed E-state index contributed by atoms with van der Waals surface area (Å²) in [5.41, 5.74) is 0.861. The Morgan fingerprint density at radius 1 is 1.14 bits per heavy atom. The minimum Gasteiger partial charge on any atom is -0.466 e. The molecule has 13 heteroatoms. The van der Waals surface area contributed by atoms with Crippen LogP contribution in [0.4, 0.5) is 10.1 Å². The number of hydrogen-bond donors (Lipinski definition) is 0. The number of furan rings is 1. The molecule has 1 aromatic carbocycles. The molecule has 1 aromatic heterocycles. The molecular formula is C23H32Cl2FN3O5S2. The van der Waals surface area contributed by atoms with E-state index in [1.54, 1.807) is 31.4 Å². The molecule has 2 aromatic rings. The second kappa shape index (κ2) is 13.3. The molecule has 0 N–H and O–H groups in total. The lowest BCUT2D eigenvalue weighted by atomic mass is 9.95. The SMILES string of the molecule is CN(C)S(=O)(=O)N(SC(F)(Cl)Cl)c1ccccc1.CON(C(=O)c1cc(C)oc1C)C1CCCCC1. The number of carbonyl (C=O) groups excluding carboxylic acids is 1. The Kier molecular flexibility index (Phi) is 11.4. The van der Waals surface area contributed by atoms with Gasteiger partial charge in [-0.2, -0.15) is 20.8 Å². The number of halogens is 3. The van der Waals surface area contributed by atoms with Gasteiger partial charge in [-0.15, -0.1) is 0 Å². The van der Waals surface area contributed by atoms with E-state index in [9.17, 15) is 17.6 Å². The molecule has 1 saturated carbocycles. The molecule has 1 aliphatic rings. The highest BCUT2D eigenvalue weighted by atomic mass is 35.5. The van der Waals surface area contributed by atoms with Gasteiger partial charge in [0.25, 0.3) is 5.91 Å². The first-order chi connectivity index (χ1) is 16.8. The highest BCUT2D eigenvalue weighted by Gasteiger charge is 2.36. The average Bonchev–Trinajstić information content (AvgIpc) is 3.16. The van der Waals surface area contributed by atoms with Gasteiger partial charge in [-0.25, -0.2) is 5.06 Å². The van der Waals surface area contributed by atoms with Gasteiger partial charge in [-0.3, -0.25) is 9.63 Å². The van der Waals surface area contributed by atoms with Crippen molar-refractivity contribution < 1.29 is 26.9 Å². The molecule has 36 heavy (non-hydrogen) atoms. The van der Waals surface area contributed by atoms with Crippen molar-refractivity contribution in [1.29, 1.82) is 0 Å². The molecule has 0 atom stereocenters. The summed E-state index contributed by atoms with van der Waals surface area (Å²) in [6, 6.07) is 9.95. The van der Waals surface area contributed by atoms with Crippen molar-refractivity contribution in [1.82, 2.24) is 9.37 Å². The van der Waals surface area contributed by atoms with Gasteiger partial charge in [0.1, 0.15) is 11.5 Å². The minimum absolute atomic E-state index is 0.0845. The molecule has 202 valence electrons. The maximum Gasteiger partial charge on any atom is 0.324 e. The molecule has 0 bridgehead atoms. The van der Waals surface area contributed by atoms with Gasteiger partial charge in [-0.05, 0) is 44.9 Å². The van der Waals surface area contributed by atoms with Crippen LogP contribution in [-0.2, 0) is 15.0 Å². The summed E-state index contributed by atoms with van der Waals surface area (Å²) >= 11 is 10.6. The second-order valence-corrected chi connectivity index (χ2v) is 13.3. The van der Waals surface area contributed by atoms with Crippen LogP contribution in [0.3, 0.4) is 0 Å². The quantitative estimate of drug-likeness (QED) is 0.208. The number of hydroxylamine groups is 2. The van der Waals surface area contributed by atoms with Crippen LogP contribution in [0, 0.1) is 13.8 Å². The Hall–Kier alpha value is -1.50. The number of hydrogen-bond acceptors (Lipinski definition) is 6. The van der Waals surface area contributed by atoms with Crippen LogP contribution >= 0.6 is 35.1 Å². The van der Waals surface area contributed by atoms with Gasteiger partial charge in [-0.1, -0.05) is 60.7 Å². The lowest BCUT2D eigenvalue weighted by Gasteiger charge is -2.31. The molecular weight excluding hydrogens is 552 g/mol. The molecule has 0 radical (unpaired) electrons. The van der Waals surface area contributed by atoms with E-state index in [0.717, 1.165) is 26.6 Å². The van der Waals surface area contributed by atoms with Crippen molar-refractivity contribution in [3.8, 4) is 0 Å². The molecule has 0 saturated heterocycles. The lowest BCUT2D eigenvalue weighted by Crippen LogP contribution is -2.40.